The minimum atomic E-state index is -1.00. The number of pyridine rings is 1. The van der Waals surface area contributed by atoms with Crippen LogP contribution >= 0.6 is 23.2 Å². The Hall–Kier alpha value is -3.75. The first-order valence-corrected chi connectivity index (χ1v) is 11.6. The Morgan fingerprint density at radius 2 is 1.83 bits per heavy atom. The second kappa shape index (κ2) is 10.5. The third-order valence-corrected chi connectivity index (χ3v) is 6.27. The fraction of sp³-hybridized carbons (Fsp3) is 0.192. The van der Waals surface area contributed by atoms with E-state index in [1.807, 2.05) is 6.92 Å². The van der Waals surface area contributed by atoms with Crippen molar-refractivity contribution in [2.45, 2.75) is 13.0 Å². The van der Waals surface area contributed by atoms with Gasteiger partial charge in [-0.1, -0.05) is 35.3 Å². The number of methoxy groups -OCH3 is 2. The number of nitrogens with zero attached hydrogens (tertiary/aromatic N) is 2. The molecule has 2 aromatic carbocycles. The van der Waals surface area contributed by atoms with Crippen molar-refractivity contribution in [3.63, 3.8) is 0 Å². The molecule has 1 fully saturated rings. The number of carbonyl (C=O) groups is 2. The molecule has 1 amide bonds. The van der Waals surface area contributed by atoms with Crippen LogP contribution < -0.4 is 19.1 Å². The van der Waals surface area contributed by atoms with Crippen LogP contribution in [0.4, 0.5) is 5.69 Å². The zero-order chi connectivity index (χ0) is 26.0. The summed E-state index contributed by atoms with van der Waals surface area (Å²) in [6, 6.07) is 10.5. The highest BCUT2D eigenvalue weighted by atomic mass is 35.5. The van der Waals surface area contributed by atoms with Gasteiger partial charge in [0, 0.05) is 24.1 Å². The summed E-state index contributed by atoms with van der Waals surface area (Å²) in [5, 5.41) is 11.6. The number of carbonyl (C=O) groups excluding carboxylic acids is 2. The van der Waals surface area contributed by atoms with Gasteiger partial charge in [-0.25, -0.2) is 0 Å². The fourth-order valence-corrected chi connectivity index (χ4v) is 4.82. The summed E-state index contributed by atoms with van der Waals surface area (Å²) in [5.41, 5.74) is 0.770. The fourth-order valence-electron chi connectivity index (χ4n) is 4.13. The molecule has 1 atom stereocenters. The third-order valence-electron chi connectivity index (χ3n) is 5.65. The van der Waals surface area contributed by atoms with Gasteiger partial charge in [0.25, 0.3) is 11.7 Å². The second-order valence-electron chi connectivity index (χ2n) is 7.67. The molecule has 10 heteroatoms. The highest BCUT2D eigenvalue weighted by Gasteiger charge is 2.47. The molecule has 4 rings (SSSR count). The van der Waals surface area contributed by atoms with Crippen LogP contribution in [0.2, 0.25) is 10.0 Å². The van der Waals surface area contributed by atoms with Gasteiger partial charge in [-0.15, -0.1) is 0 Å². The van der Waals surface area contributed by atoms with Crippen LogP contribution in [-0.4, -0.2) is 42.6 Å². The molecular weight excluding hydrogens is 507 g/mol. The van der Waals surface area contributed by atoms with E-state index in [0.717, 1.165) is 0 Å². The predicted molar refractivity (Wildman–Crippen MR) is 136 cm³/mol. The molecule has 1 unspecified atom stereocenters. The zero-order valence-corrected chi connectivity index (χ0v) is 21.1. The van der Waals surface area contributed by atoms with Gasteiger partial charge in [0.2, 0.25) is 0 Å². The highest BCUT2D eigenvalue weighted by Crippen LogP contribution is 2.48. The van der Waals surface area contributed by atoms with E-state index < -0.39 is 23.5 Å². The number of Topliss-reactive ketones (excluding diaryl/α,β-unsaturated/α-hetero) is 1. The number of hydrogen-bond acceptors (Lipinski definition) is 7. The molecule has 1 aliphatic heterocycles. The Morgan fingerprint density at radius 1 is 1.08 bits per heavy atom. The van der Waals surface area contributed by atoms with E-state index in [0.29, 0.717) is 23.6 Å². The van der Waals surface area contributed by atoms with E-state index in [1.54, 1.807) is 42.6 Å². The summed E-state index contributed by atoms with van der Waals surface area (Å²) < 4.78 is 16.2. The van der Waals surface area contributed by atoms with Gasteiger partial charge in [-0.2, -0.15) is 0 Å². The molecule has 0 radical (unpaired) electrons. The lowest BCUT2D eigenvalue weighted by Crippen LogP contribution is -2.29. The number of hydrogen-bond donors (Lipinski definition) is 1. The Bertz CT molecular complexity index is 1360. The number of ether oxygens (including phenoxy) is 3. The monoisotopic (exact) mass is 528 g/mol. The lowest BCUT2D eigenvalue weighted by Gasteiger charge is -2.25. The smallest absolute Gasteiger partial charge is 0.300 e. The van der Waals surface area contributed by atoms with Crippen LogP contribution in [0.1, 0.15) is 24.1 Å². The van der Waals surface area contributed by atoms with Gasteiger partial charge in [-0.3, -0.25) is 19.5 Å². The van der Waals surface area contributed by atoms with E-state index in [4.69, 9.17) is 37.4 Å². The molecule has 36 heavy (non-hydrogen) atoms. The van der Waals surface area contributed by atoms with Crippen molar-refractivity contribution in [3.05, 3.63) is 81.6 Å². The van der Waals surface area contributed by atoms with Crippen molar-refractivity contribution < 1.29 is 28.9 Å². The van der Waals surface area contributed by atoms with Gasteiger partial charge in [0.1, 0.15) is 16.5 Å². The quantitative estimate of drug-likeness (QED) is 0.248. The van der Waals surface area contributed by atoms with Crippen molar-refractivity contribution in [2.24, 2.45) is 0 Å². The minimum absolute atomic E-state index is 0.00521. The first-order valence-electron chi connectivity index (χ1n) is 10.9. The van der Waals surface area contributed by atoms with E-state index in [-0.39, 0.29) is 32.7 Å². The normalized spacial score (nSPS) is 16.8. The van der Waals surface area contributed by atoms with E-state index in [9.17, 15) is 14.7 Å². The molecule has 186 valence electrons. The van der Waals surface area contributed by atoms with Gasteiger partial charge < -0.3 is 19.3 Å². The summed E-state index contributed by atoms with van der Waals surface area (Å²) in [6.07, 6.45) is 3.09. The molecule has 0 aliphatic carbocycles. The van der Waals surface area contributed by atoms with Crippen LogP contribution in [0.25, 0.3) is 5.76 Å². The molecule has 1 saturated heterocycles. The Labute approximate surface area is 217 Å². The Kier molecular flexibility index (Phi) is 7.37. The number of benzene rings is 2. The summed E-state index contributed by atoms with van der Waals surface area (Å²) in [6.45, 7) is 2.26. The number of ketones is 1. The molecule has 2 heterocycles. The lowest BCUT2D eigenvalue weighted by molar-refractivity contribution is -0.132. The Balaban J connectivity index is 1.98. The lowest BCUT2D eigenvalue weighted by atomic mass is 9.95. The summed E-state index contributed by atoms with van der Waals surface area (Å²) >= 11 is 12.7. The number of aliphatic hydroxyl groups is 1. The predicted octanol–water partition coefficient (Wildman–Crippen LogP) is 5.43. The van der Waals surface area contributed by atoms with Crippen LogP contribution in [0.15, 0.2) is 60.4 Å². The van der Waals surface area contributed by atoms with Crippen LogP contribution in [0.3, 0.4) is 0 Å². The summed E-state index contributed by atoms with van der Waals surface area (Å²) in [7, 11) is 2.73. The topological polar surface area (TPSA) is 98.2 Å². The van der Waals surface area contributed by atoms with Crippen molar-refractivity contribution in [1.29, 1.82) is 0 Å². The van der Waals surface area contributed by atoms with Crippen LogP contribution in [0.5, 0.6) is 17.2 Å². The number of rotatable bonds is 7. The largest absolute Gasteiger partial charge is 0.507 e. The van der Waals surface area contributed by atoms with Gasteiger partial charge >= 0.3 is 0 Å². The third kappa shape index (κ3) is 4.34. The first kappa shape index (κ1) is 25.3. The molecule has 0 saturated carbocycles. The number of aromatic nitrogens is 1. The molecule has 8 nitrogen and oxygen atoms in total. The van der Waals surface area contributed by atoms with Gasteiger partial charge in [0.15, 0.2) is 11.5 Å². The zero-order valence-electron chi connectivity index (χ0n) is 19.6. The summed E-state index contributed by atoms with van der Waals surface area (Å²) in [5.74, 6) is -1.53. The summed E-state index contributed by atoms with van der Waals surface area (Å²) in [4.78, 5) is 32.2. The van der Waals surface area contributed by atoms with Crippen molar-refractivity contribution in [1.82, 2.24) is 4.98 Å². The molecule has 3 aromatic rings. The van der Waals surface area contributed by atoms with E-state index in [1.165, 1.54) is 31.4 Å². The van der Waals surface area contributed by atoms with Crippen molar-refractivity contribution in [3.8, 4) is 17.2 Å². The van der Waals surface area contributed by atoms with Gasteiger partial charge in [0.05, 0.1) is 43.0 Å². The first-order chi connectivity index (χ1) is 17.3. The molecule has 1 aliphatic rings. The standard InChI is InChI=1S/C26H22Cl2N2O6/c1-4-36-16-9-5-8-15(11-16)30-21(14-7-6-10-29-13-14)19(23(32)26(30)33)22(31)17-12-18(27)25(35-3)20(28)24(17)34-2/h5-13,21,31H,4H2,1-3H3/b22-19+. The molecule has 1 N–H and O–H groups in total. The van der Waals surface area contributed by atoms with Crippen LogP contribution in [0, 0.1) is 0 Å². The van der Waals surface area contributed by atoms with Crippen LogP contribution in [-0.2, 0) is 9.59 Å². The number of halogens is 2. The molecule has 0 spiro atoms. The average molecular weight is 529 g/mol. The Morgan fingerprint density at radius 3 is 2.47 bits per heavy atom. The maximum Gasteiger partial charge on any atom is 0.300 e. The average Bonchev–Trinajstić information content (AvgIpc) is 3.14. The molecular formula is C26H22Cl2N2O6. The highest BCUT2D eigenvalue weighted by molar-refractivity contribution is 6.52. The maximum absolute atomic E-state index is 13.4. The van der Waals surface area contributed by atoms with E-state index >= 15 is 0 Å². The van der Waals surface area contributed by atoms with Crippen molar-refractivity contribution in [2.75, 3.05) is 25.7 Å². The number of aliphatic hydroxyl groups excluding tert-OH is 1. The molecule has 0 bridgehead atoms. The van der Waals surface area contributed by atoms with E-state index in [2.05, 4.69) is 4.98 Å². The SMILES string of the molecule is CCOc1cccc(N2C(=O)C(=O)/C(=C(/O)c3cc(Cl)c(OC)c(Cl)c3OC)C2c2cccnc2)c1. The minimum Gasteiger partial charge on any atom is -0.507 e. The van der Waals surface area contributed by atoms with Crippen molar-refractivity contribution >= 4 is 46.3 Å². The second-order valence-corrected chi connectivity index (χ2v) is 8.46. The van der Waals surface area contributed by atoms with Gasteiger partial charge in [-0.05, 0) is 36.8 Å². The number of amides is 1. The maximum atomic E-state index is 13.4. The molecule has 1 aromatic heterocycles. The number of anilines is 1.